The zero-order chi connectivity index (χ0) is 14.1. The fourth-order valence-electron chi connectivity index (χ4n) is 2.15. The van der Waals surface area contributed by atoms with Crippen molar-refractivity contribution in [3.05, 3.63) is 58.9 Å². The van der Waals surface area contributed by atoms with Gasteiger partial charge in [0.2, 0.25) is 0 Å². The van der Waals surface area contributed by atoms with Crippen LogP contribution in [-0.2, 0) is 6.42 Å². The smallest absolute Gasteiger partial charge is 0.138 e. The Kier molecular flexibility index (Phi) is 3.24. The van der Waals surface area contributed by atoms with E-state index < -0.39 is 0 Å². The number of halogens is 1. The Bertz CT molecular complexity index is 750. The average molecular weight is 288 g/mol. The lowest BCUT2D eigenvalue weighted by Gasteiger charge is -2.02. The highest BCUT2D eigenvalue weighted by molar-refractivity contribution is 6.30. The summed E-state index contributed by atoms with van der Waals surface area (Å²) < 4.78 is 6.95. The van der Waals surface area contributed by atoms with Gasteiger partial charge in [0.25, 0.3) is 0 Å². The Hall–Kier alpha value is -2.20. The average Bonchev–Trinajstić information content (AvgIpc) is 2.76. The van der Waals surface area contributed by atoms with E-state index in [1.165, 1.54) is 0 Å². The third-order valence-corrected chi connectivity index (χ3v) is 3.45. The Morgan fingerprint density at radius 1 is 1.20 bits per heavy atom. The first-order chi connectivity index (χ1) is 9.67. The van der Waals surface area contributed by atoms with E-state index in [1.54, 1.807) is 23.8 Å². The fraction of sp³-hybridized carbons (Fsp3) is 0.133. The molecule has 0 fully saturated rings. The number of nitrogens with zero attached hydrogens (tertiary/aromatic N) is 2. The Morgan fingerprint density at radius 2 is 1.95 bits per heavy atom. The van der Waals surface area contributed by atoms with Crippen molar-refractivity contribution in [3.63, 3.8) is 0 Å². The molecule has 0 atom stereocenters. The Balaban J connectivity index is 1.95. The third kappa shape index (κ3) is 2.30. The van der Waals surface area contributed by atoms with E-state index >= 15 is 0 Å². The molecule has 2 N–H and O–H groups in total. The van der Waals surface area contributed by atoms with E-state index in [0.29, 0.717) is 17.3 Å². The van der Waals surface area contributed by atoms with Crippen LogP contribution in [0.25, 0.3) is 5.65 Å². The molecule has 5 heteroatoms. The largest absolute Gasteiger partial charge is 0.497 e. The first kappa shape index (κ1) is 12.8. The fourth-order valence-corrected chi connectivity index (χ4v) is 2.31. The summed E-state index contributed by atoms with van der Waals surface area (Å²) in [6.07, 6.45) is 2.45. The van der Waals surface area contributed by atoms with Gasteiger partial charge in [-0.25, -0.2) is 4.98 Å². The highest BCUT2D eigenvalue weighted by atomic mass is 35.5. The van der Waals surface area contributed by atoms with Gasteiger partial charge in [-0.2, -0.15) is 0 Å². The van der Waals surface area contributed by atoms with E-state index in [-0.39, 0.29) is 0 Å². The van der Waals surface area contributed by atoms with Crippen molar-refractivity contribution in [1.29, 1.82) is 0 Å². The minimum atomic E-state index is 0.623. The van der Waals surface area contributed by atoms with Crippen molar-refractivity contribution in [1.82, 2.24) is 9.38 Å². The van der Waals surface area contributed by atoms with Gasteiger partial charge in [-0.05, 0) is 29.8 Å². The number of fused-ring (bicyclic) bond motifs is 1. The molecule has 2 aromatic heterocycles. The van der Waals surface area contributed by atoms with Gasteiger partial charge in [-0.3, -0.25) is 4.40 Å². The maximum atomic E-state index is 6.13. The second kappa shape index (κ2) is 5.06. The molecule has 102 valence electrons. The van der Waals surface area contributed by atoms with E-state index in [1.807, 2.05) is 30.3 Å². The number of methoxy groups -OCH3 is 1. The van der Waals surface area contributed by atoms with Gasteiger partial charge in [0.1, 0.15) is 17.2 Å². The second-order valence-corrected chi connectivity index (χ2v) is 4.98. The van der Waals surface area contributed by atoms with Gasteiger partial charge < -0.3 is 10.5 Å². The summed E-state index contributed by atoms with van der Waals surface area (Å²) in [7, 11) is 1.65. The van der Waals surface area contributed by atoms with Crippen molar-refractivity contribution in [3.8, 4) is 5.75 Å². The Labute approximate surface area is 121 Å². The highest BCUT2D eigenvalue weighted by Gasteiger charge is 2.10. The number of hydrogen-bond donors (Lipinski definition) is 1. The topological polar surface area (TPSA) is 52.5 Å². The normalized spacial score (nSPS) is 10.9. The lowest BCUT2D eigenvalue weighted by atomic mass is 10.1. The summed E-state index contributed by atoms with van der Waals surface area (Å²) in [6, 6.07) is 11.5. The molecule has 0 aliphatic heterocycles. The molecule has 0 spiro atoms. The maximum Gasteiger partial charge on any atom is 0.138 e. The summed E-state index contributed by atoms with van der Waals surface area (Å²) in [5.74, 6) is 1.46. The standard InChI is InChI=1S/C15H14ClN3O/c1-20-12-5-2-10(3-6-12)8-13-15(17)19-9-11(16)4-7-14(19)18-13/h2-7,9H,8,17H2,1H3. The van der Waals surface area contributed by atoms with Crippen LogP contribution in [0.1, 0.15) is 11.3 Å². The molecule has 1 aromatic carbocycles. The molecule has 0 unspecified atom stereocenters. The number of anilines is 1. The van der Waals surface area contributed by atoms with E-state index in [0.717, 1.165) is 22.7 Å². The number of rotatable bonds is 3. The van der Waals surface area contributed by atoms with Crippen LogP contribution < -0.4 is 10.5 Å². The molecule has 3 rings (SSSR count). The van der Waals surface area contributed by atoms with Crippen molar-refractivity contribution >= 4 is 23.1 Å². The van der Waals surface area contributed by atoms with Gasteiger partial charge in [0.15, 0.2) is 0 Å². The summed E-state index contributed by atoms with van der Waals surface area (Å²) in [6.45, 7) is 0. The van der Waals surface area contributed by atoms with Crippen LogP contribution >= 0.6 is 11.6 Å². The highest BCUT2D eigenvalue weighted by Crippen LogP contribution is 2.21. The van der Waals surface area contributed by atoms with Gasteiger partial charge in [0.05, 0.1) is 17.8 Å². The summed E-state index contributed by atoms with van der Waals surface area (Å²) in [4.78, 5) is 4.54. The van der Waals surface area contributed by atoms with Gasteiger partial charge in [-0.1, -0.05) is 23.7 Å². The van der Waals surface area contributed by atoms with Crippen molar-refractivity contribution < 1.29 is 4.74 Å². The van der Waals surface area contributed by atoms with Crippen LogP contribution in [0.15, 0.2) is 42.6 Å². The molecule has 0 bridgehead atoms. The summed E-state index contributed by atoms with van der Waals surface area (Å²) in [5.41, 5.74) is 8.91. The zero-order valence-corrected chi connectivity index (χ0v) is 11.8. The van der Waals surface area contributed by atoms with Crippen LogP contribution in [0.2, 0.25) is 5.02 Å². The van der Waals surface area contributed by atoms with Gasteiger partial charge in [0, 0.05) is 12.6 Å². The van der Waals surface area contributed by atoms with Gasteiger partial charge >= 0.3 is 0 Å². The van der Waals surface area contributed by atoms with E-state index in [4.69, 9.17) is 22.1 Å². The third-order valence-electron chi connectivity index (χ3n) is 3.23. The molecular weight excluding hydrogens is 274 g/mol. The zero-order valence-electron chi connectivity index (χ0n) is 11.0. The van der Waals surface area contributed by atoms with Crippen molar-refractivity contribution in [2.24, 2.45) is 0 Å². The molecule has 0 saturated heterocycles. The molecule has 4 nitrogen and oxygen atoms in total. The van der Waals surface area contributed by atoms with Crippen LogP contribution in [0.3, 0.4) is 0 Å². The Morgan fingerprint density at radius 3 is 2.65 bits per heavy atom. The van der Waals surface area contributed by atoms with Crippen molar-refractivity contribution in [2.45, 2.75) is 6.42 Å². The molecule has 2 heterocycles. The molecule has 0 saturated carbocycles. The lowest BCUT2D eigenvalue weighted by Crippen LogP contribution is -1.97. The number of imidazole rings is 1. The number of nitrogens with two attached hydrogens (primary N) is 1. The molecular formula is C15H14ClN3O. The second-order valence-electron chi connectivity index (χ2n) is 4.54. The first-order valence-corrected chi connectivity index (χ1v) is 6.60. The molecule has 0 aliphatic rings. The number of pyridine rings is 1. The SMILES string of the molecule is COc1ccc(Cc2nc3ccc(Cl)cn3c2N)cc1. The summed E-state index contributed by atoms with van der Waals surface area (Å²) >= 11 is 5.98. The molecule has 3 aromatic rings. The molecule has 0 amide bonds. The monoisotopic (exact) mass is 287 g/mol. The predicted octanol–water partition coefficient (Wildman–Crippen LogP) is 3.17. The predicted molar refractivity (Wildman–Crippen MR) is 80.4 cm³/mol. The molecule has 20 heavy (non-hydrogen) atoms. The number of hydrogen-bond acceptors (Lipinski definition) is 3. The number of ether oxygens (including phenoxy) is 1. The van der Waals surface area contributed by atoms with Crippen LogP contribution in [-0.4, -0.2) is 16.5 Å². The maximum absolute atomic E-state index is 6.13. The number of benzene rings is 1. The van der Waals surface area contributed by atoms with Crippen LogP contribution in [0.4, 0.5) is 5.82 Å². The van der Waals surface area contributed by atoms with E-state index in [9.17, 15) is 0 Å². The van der Waals surface area contributed by atoms with Crippen molar-refractivity contribution in [2.75, 3.05) is 12.8 Å². The van der Waals surface area contributed by atoms with Gasteiger partial charge in [-0.15, -0.1) is 0 Å². The van der Waals surface area contributed by atoms with Crippen LogP contribution in [0.5, 0.6) is 5.75 Å². The van der Waals surface area contributed by atoms with Crippen LogP contribution in [0, 0.1) is 0 Å². The molecule has 0 radical (unpaired) electrons. The quantitative estimate of drug-likeness (QED) is 0.805. The number of nitrogen functional groups attached to an aromatic ring is 1. The summed E-state index contributed by atoms with van der Waals surface area (Å²) in [5, 5.41) is 0.637. The number of aromatic nitrogens is 2. The lowest BCUT2D eigenvalue weighted by molar-refractivity contribution is 0.414. The van der Waals surface area contributed by atoms with E-state index in [2.05, 4.69) is 4.98 Å². The minimum absolute atomic E-state index is 0.623. The first-order valence-electron chi connectivity index (χ1n) is 6.22. The minimum Gasteiger partial charge on any atom is -0.497 e. The molecule has 0 aliphatic carbocycles.